The Bertz CT molecular complexity index is 708. The van der Waals surface area contributed by atoms with Crippen LogP contribution in [0.15, 0.2) is 36.5 Å². The summed E-state index contributed by atoms with van der Waals surface area (Å²) in [7, 11) is 0. The average molecular weight is 617 g/mol. The number of carboxylic acids is 1. The van der Waals surface area contributed by atoms with Crippen molar-refractivity contribution < 1.29 is 19.4 Å². The molecular formula is C40H72O4. The van der Waals surface area contributed by atoms with Crippen molar-refractivity contribution in [2.24, 2.45) is 0 Å². The van der Waals surface area contributed by atoms with Crippen LogP contribution in [-0.4, -0.2) is 23.1 Å². The molecule has 0 bridgehead atoms. The first kappa shape index (κ1) is 42.2. The molecule has 0 aromatic rings. The van der Waals surface area contributed by atoms with Crippen LogP contribution in [0, 0.1) is 0 Å². The lowest BCUT2D eigenvalue weighted by molar-refractivity contribution is -0.150. The molecule has 0 amide bonds. The van der Waals surface area contributed by atoms with Gasteiger partial charge in [0.1, 0.15) is 6.10 Å². The van der Waals surface area contributed by atoms with Gasteiger partial charge in [-0.3, -0.25) is 9.59 Å². The van der Waals surface area contributed by atoms with Crippen LogP contribution < -0.4 is 0 Å². The fraction of sp³-hybridized carbons (Fsp3) is 0.800. The first-order chi connectivity index (χ1) is 21.6. The zero-order chi connectivity index (χ0) is 32.2. The van der Waals surface area contributed by atoms with Gasteiger partial charge < -0.3 is 9.84 Å². The Morgan fingerprint density at radius 1 is 0.523 bits per heavy atom. The number of hydrogen-bond donors (Lipinski definition) is 1. The van der Waals surface area contributed by atoms with Gasteiger partial charge in [-0.15, -0.1) is 0 Å². The van der Waals surface area contributed by atoms with Crippen molar-refractivity contribution in [2.45, 2.75) is 206 Å². The van der Waals surface area contributed by atoms with Crippen LogP contribution >= 0.6 is 0 Å². The minimum atomic E-state index is -0.772. The molecule has 256 valence electrons. The summed E-state index contributed by atoms with van der Waals surface area (Å²) in [6.07, 6.45) is 45.8. The molecule has 0 radical (unpaired) electrons. The number of esters is 1. The average Bonchev–Trinajstić information content (AvgIpc) is 3.00. The van der Waals surface area contributed by atoms with Crippen LogP contribution in [-0.2, 0) is 14.3 Å². The lowest BCUT2D eigenvalue weighted by Crippen LogP contribution is -2.18. The van der Waals surface area contributed by atoms with E-state index in [2.05, 4.69) is 50.3 Å². The normalized spacial score (nSPS) is 12.6. The molecule has 4 heteroatoms. The Morgan fingerprint density at radius 3 is 1.52 bits per heavy atom. The Labute approximate surface area is 273 Å². The number of carbonyl (C=O) groups is 2. The summed E-state index contributed by atoms with van der Waals surface area (Å²) in [6.45, 7) is 4.43. The quantitative estimate of drug-likeness (QED) is 0.0444. The van der Waals surface area contributed by atoms with Crippen LogP contribution in [0.25, 0.3) is 0 Å². The second-order valence-electron chi connectivity index (χ2n) is 12.7. The van der Waals surface area contributed by atoms with Gasteiger partial charge in [-0.05, 0) is 64.2 Å². The highest BCUT2D eigenvalue weighted by Gasteiger charge is 2.15. The molecule has 0 rings (SSSR count). The summed E-state index contributed by atoms with van der Waals surface area (Å²) in [5.41, 5.74) is 0. The number of ether oxygens (including phenoxy) is 1. The minimum Gasteiger partial charge on any atom is -0.481 e. The summed E-state index contributed by atoms with van der Waals surface area (Å²) in [5, 5.41) is 9.01. The van der Waals surface area contributed by atoms with Crippen LogP contribution in [0.2, 0.25) is 0 Å². The van der Waals surface area contributed by atoms with Gasteiger partial charge in [0.2, 0.25) is 0 Å². The molecule has 0 fully saturated rings. The van der Waals surface area contributed by atoms with E-state index >= 15 is 0 Å². The van der Waals surface area contributed by atoms with E-state index in [0.717, 1.165) is 44.9 Å². The third kappa shape index (κ3) is 34.6. The molecule has 0 spiro atoms. The minimum absolute atomic E-state index is 0.0981. The highest BCUT2D eigenvalue weighted by molar-refractivity contribution is 5.69. The topological polar surface area (TPSA) is 63.6 Å². The molecule has 0 saturated carbocycles. The van der Waals surface area contributed by atoms with Crippen molar-refractivity contribution in [2.75, 3.05) is 0 Å². The summed E-state index contributed by atoms with van der Waals surface area (Å²) in [6, 6.07) is 0. The van der Waals surface area contributed by atoms with E-state index < -0.39 is 5.97 Å². The number of rotatable bonds is 34. The summed E-state index contributed by atoms with van der Waals surface area (Å²) in [5.74, 6) is -0.870. The van der Waals surface area contributed by atoms with E-state index in [9.17, 15) is 9.59 Å². The van der Waals surface area contributed by atoms with E-state index in [-0.39, 0.29) is 18.5 Å². The van der Waals surface area contributed by atoms with E-state index in [1.54, 1.807) is 0 Å². The van der Waals surface area contributed by atoms with Crippen LogP contribution in [0.1, 0.15) is 200 Å². The van der Waals surface area contributed by atoms with Crippen molar-refractivity contribution in [1.82, 2.24) is 0 Å². The van der Waals surface area contributed by atoms with Gasteiger partial charge >= 0.3 is 11.9 Å². The Morgan fingerprint density at radius 2 is 0.977 bits per heavy atom. The number of unbranched alkanes of at least 4 members (excludes halogenated alkanes) is 19. The number of aliphatic carboxylic acids is 1. The molecule has 0 aromatic heterocycles. The molecule has 0 aliphatic carbocycles. The molecule has 1 atom stereocenters. The molecule has 0 aromatic carbocycles. The van der Waals surface area contributed by atoms with Gasteiger partial charge in [0.25, 0.3) is 0 Å². The SMILES string of the molecule is CC/C=C\C/C=C\C/C=C\CCCCCCCCCC(=O)OC(CCCCCCCCCCCCCCC)CCCC(=O)O. The second-order valence-corrected chi connectivity index (χ2v) is 12.7. The highest BCUT2D eigenvalue weighted by atomic mass is 16.5. The van der Waals surface area contributed by atoms with Crippen molar-refractivity contribution >= 4 is 11.9 Å². The van der Waals surface area contributed by atoms with Crippen molar-refractivity contribution in [1.29, 1.82) is 0 Å². The predicted octanol–water partition coefficient (Wildman–Crippen LogP) is 13.0. The predicted molar refractivity (Wildman–Crippen MR) is 190 cm³/mol. The number of carbonyl (C=O) groups excluding carboxylic acids is 1. The molecule has 0 aliphatic rings. The van der Waals surface area contributed by atoms with Gasteiger partial charge in [0, 0.05) is 12.8 Å². The second kappa shape index (κ2) is 35.6. The maximum Gasteiger partial charge on any atom is 0.306 e. The van der Waals surface area contributed by atoms with Gasteiger partial charge in [-0.2, -0.15) is 0 Å². The molecular weight excluding hydrogens is 544 g/mol. The van der Waals surface area contributed by atoms with Crippen molar-refractivity contribution in [3.05, 3.63) is 36.5 Å². The molecule has 44 heavy (non-hydrogen) atoms. The van der Waals surface area contributed by atoms with E-state index in [4.69, 9.17) is 9.84 Å². The van der Waals surface area contributed by atoms with Gasteiger partial charge in [0.15, 0.2) is 0 Å². The van der Waals surface area contributed by atoms with Crippen LogP contribution in [0.3, 0.4) is 0 Å². The zero-order valence-corrected chi connectivity index (χ0v) is 29.2. The number of allylic oxidation sites excluding steroid dienone is 6. The Balaban J connectivity index is 3.83. The van der Waals surface area contributed by atoms with E-state index in [1.807, 2.05) is 0 Å². The molecule has 0 heterocycles. The van der Waals surface area contributed by atoms with Crippen LogP contribution in [0.5, 0.6) is 0 Å². The van der Waals surface area contributed by atoms with Gasteiger partial charge in [0.05, 0.1) is 0 Å². The third-order valence-electron chi connectivity index (χ3n) is 8.38. The Kier molecular flexibility index (Phi) is 34.1. The van der Waals surface area contributed by atoms with Crippen molar-refractivity contribution in [3.8, 4) is 0 Å². The fourth-order valence-electron chi connectivity index (χ4n) is 5.62. The molecule has 0 saturated heterocycles. The standard InChI is InChI=1S/C40H72O4/c1-3-5-7-9-11-13-15-17-18-19-20-22-24-26-28-30-32-37-40(43)44-38(35-33-36-39(41)42)34-31-29-27-25-23-21-16-14-12-10-8-6-4-2/h5,7,11,13,17-18,38H,3-4,6,8-10,12,14-16,19-37H2,1-2H3,(H,41,42)/b7-5-,13-11-,18-17-. The molecule has 1 N–H and O–H groups in total. The van der Waals surface area contributed by atoms with E-state index in [1.165, 1.54) is 116 Å². The maximum absolute atomic E-state index is 12.5. The van der Waals surface area contributed by atoms with Crippen LogP contribution in [0.4, 0.5) is 0 Å². The smallest absolute Gasteiger partial charge is 0.306 e. The largest absolute Gasteiger partial charge is 0.481 e. The highest BCUT2D eigenvalue weighted by Crippen LogP contribution is 2.18. The fourth-order valence-corrected chi connectivity index (χ4v) is 5.62. The summed E-state index contributed by atoms with van der Waals surface area (Å²) >= 11 is 0. The monoisotopic (exact) mass is 617 g/mol. The molecule has 1 unspecified atom stereocenters. The van der Waals surface area contributed by atoms with Gasteiger partial charge in [-0.1, -0.05) is 159 Å². The van der Waals surface area contributed by atoms with Gasteiger partial charge in [-0.25, -0.2) is 0 Å². The first-order valence-corrected chi connectivity index (χ1v) is 19.0. The first-order valence-electron chi connectivity index (χ1n) is 19.0. The third-order valence-corrected chi connectivity index (χ3v) is 8.38. The Hall–Kier alpha value is -1.84. The molecule has 0 aliphatic heterocycles. The summed E-state index contributed by atoms with van der Waals surface area (Å²) in [4.78, 5) is 23.5. The molecule has 4 nitrogen and oxygen atoms in total. The lowest BCUT2D eigenvalue weighted by atomic mass is 10.0. The zero-order valence-electron chi connectivity index (χ0n) is 29.2. The number of carboxylic acid groups (broad SMARTS) is 1. The lowest BCUT2D eigenvalue weighted by Gasteiger charge is -2.18. The maximum atomic E-state index is 12.5. The van der Waals surface area contributed by atoms with E-state index in [0.29, 0.717) is 19.3 Å². The van der Waals surface area contributed by atoms with Crippen molar-refractivity contribution in [3.63, 3.8) is 0 Å². The number of hydrogen-bond acceptors (Lipinski definition) is 3. The summed E-state index contributed by atoms with van der Waals surface area (Å²) < 4.78 is 5.82.